The van der Waals surface area contributed by atoms with Crippen molar-refractivity contribution in [3.05, 3.63) is 24.0 Å². The number of fused-ring (bicyclic) bond motifs is 1. The molecule has 0 aliphatic rings. The zero-order chi connectivity index (χ0) is 11.7. The Morgan fingerprint density at radius 1 is 1.56 bits per heavy atom. The summed E-state index contributed by atoms with van der Waals surface area (Å²) in [6, 6.07) is 1.49. The van der Waals surface area contributed by atoms with Crippen molar-refractivity contribution in [1.82, 2.24) is 14.8 Å². The molecule has 84 valence electrons. The van der Waals surface area contributed by atoms with Crippen LogP contribution in [-0.4, -0.2) is 25.8 Å². The molecule has 0 fully saturated rings. The Labute approximate surface area is 92.7 Å². The smallest absolute Gasteiger partial charge is 0.336 e. The van der Waals surface area contributed by atoms with Crippen LogP contribution >= 0.6 is 0 Å². The average molecular weight is 219 g/mol. The lowest BCUT2D eigenvalue weighted by Gasteiger charge is -2.05. The molecule has 0 aromatic carbocycles. The van der Waals surface area contributed by atoms with Crippen molar-refractivity contribution in [1.29, 1.82) is 0 Å². The molecule has 16 heavy (non-hydrogen) atoms. The fourth-order valence-electron chi connectivity index (χ4n) is 1.64. The summed E-state index contributed by atoms with van der Waals surface area (Å²) in [5.41, 5.74) is 0.883. The van der Waals surface area contributed by atoms with Crippen molar-refractivity contribution in [2.45, 2.75) is 20.4 Å². The van der Waals surface area contributed by atoms with E-state index in [1.165, 1.54) is 12.3 Å². The summed E-state index contributed by atoms with van der Waals surface area (Å²) in [5, 5.41) is 13.8. The van der Waals surface area contributed by atoms with Gasteiger partial charge in [-0.15, -0.1) is 0 Å². The maximum Gasteiger partial charge on any atom is 0.336 e. The molecule has 5 heteroatoms. The Hall–Kier alpha value is -1.91. The molecular formula is C11H13N3O2. The number of carboxylic acid groups (broad SMARTS) is 1. The SMILES string of the molecule is CC(C)Cn1ncc2c(C(=O)O)ccnc21. The first-order valence-electron chi connectivity index (χ1n) is 5.13. The van der Waals surface area contributed by atoms with Gasteiger partial charge in [0.1, 0.15) is 0 Å². The minimum absolute atomic E-state index is 0.250. The number of nitrogens with zero attached hydrogens (tertiary/aromatic N) is 3. The van der Waals surface area contributed by atoms with E-state index in [-0.39, 0.29) is 5.56 Å². The summed E-state index contributed by atoms with van der Waals surface area (Å²) < 4.78 is 1.74. The van der Waals surface area contributed by atoms with Gasteiger partial charge in [-0.2, -0.15) is 5.10 Å². The first kappa shape index (κ1) is 10.6. The molecule has 0 saturated heterocycles. The van der Waals surface area contributed by atoms with Crippen LogP contribution in [0.15, 0.2) is 18.5 Å². The fourth-order valence-corrected chi connectivity index (χ4v) is 1.64. The lowest BCUT2D eigenvalue weighted by Crippen LogP contribution is -2.07. The second-order valence-electron chi connectivity index (χ2n) is 4.12. The molecule has 0 aliphatic heterocycles. The first-order chi connectivity index (χ1) is 7.59. The van der Waals surface area contributed by atoms with Crippen LogP contribution in [0, 0.1) is 5.92 Å². The van der Waals surface area contributed by atoms with Crippen LogP contribution < -0.4 is 0 Å². The predicted molar refractivity (Wildman–Crippen MR) is 59.3 cm³/mol. The van der Waals surface area contributed by atoms with Gasteiger partial charge in [0.05, 0.1) is 17.1 Å². The third-order valence-corrected chi connectivity index (χ3v) is 2.31. The normalized spacial score (nSPS) is 11.2. The second-order valence-corrected chi connectivity index (χ2v) is 4.12. The van der Waals surface area contributed by atoms with E-state index in [9.17, 15) is 4.79 Å². The molecule has 2 heterocycles. The van der Waals surface area contributed by atoms with E-state index in [1.807, 2.05) is 0 Å². The zero-order valence-electron chi connectivity index (χ0n) is 9.21. The van der Waals surface area contributed by atoms with Crippen molar-refractivity contribution in [3.63, 3.8) is 0 Å². The molecule has 1 N–H and O–H groups in total. The van der Waals surface area contributed by atoms with E-state index in [1.54, 1.807) is 10.9 Å². The van der Waals surface area contributed by atoms with E-state index >= 15 is 0 Å². The van der Waals surface area contributed by atoms with Crippen molar-refractivity contribution in [2.75, 3.05) is 0 Å². The largest absolute Gasteiger partial charge is 0.478 e. The van der Waals surface area contributed by atoms with Crippen LogP contribution in [0.1, 0.15) is 24.2 Å². The van der Waals surface area contributed by atoms with Gasteiger partial charge in [-0.25, -0.2) is 14.5 Å². The number of aromatic carboxylic acids is 1. The molecule has 2 aromatic heterocycles. The highest BCUT2D eigenvalue weighted by Gasteiger charge is 2.13. The fraction of sp³-hybridized carbons (Fsp3) is 0.364. The van der Waals surface area contributed by atoms with E-state index in [2.05, 4.69) is 23.9 Å². The van der Waals surface area contributed by atoms with Gasteiger partial charge in [-0.3, -0.25) is 0 Å². The molecule has 0 radical (unpaired) electrons. The Bertz CT molecular complexity index is 531. The predicted octanol–water partition coefficient (Wildman–Crippen LogP) is 1.79. The Balaban J connectivity index is 2.57. The van der Waals surface area contributed by atoms with Crippen molar-refractivity contribution < 1.29 is 9.90 Å². The summed E-state index contributed by atoms with van der Waals surface area (Å²) in [6.07, 6.45) is 3.07. The maximum atomic E-state index is 11.0. The van der Waals surface area contributed by atoms with Gasteiger partial charge in [-0.05, 0) is 12.0 Å². The highest BCUT2D eigenvalue weighted by Crippen LogP contribution is 2.17. The lowest BCUT2D eigenvalue weighted by atomic mass is 10.2. The van der Waals surface area contributed by atoms with Crippen LogP contribution in [0.4, 0.5) is 0 Å². The molecule has 0 atom stereocenters. The lowest BCUT2D eigenvalue weighted by molar-refractivity contribution is 0.0699. The van der Waals surface area contributed by atoms with Gasteiger partial charge in [0.25, 0.3) is 0 Å². The van der Waals surface area contributed by atoms with E-state index in [4.69, 9.17) is 5.11 Å². The molecule has 0 saturated carbocycles. The number of pyridine rings is 1. The number of carboxylic acids is 1. The molecule has 0 unspecified atom stereocenters. The second kappa shape index (κ2) is 3.92. The van der Waals surface area contributed by atoms with Gasteiger partial charge >= 0.3 is 5.97 Å². The van der Waals surface area contributed by atoms with Crippen LogP contribution in [0.5, 0.6) is 0 Å². The summed E-state index contributed by atoms with van der Waals surface area (Å²) >= 11 is 0. The summed E-state index contributed by atoms with van der Waals surface area (Å²) in [6.45, 7) is 4.89. The maximum absolute atomic E-state index is 11.0. The van der Waals surface area contributed by atoms with E-state index < -0.39 is 5.97 Å². The Morgan fingerprint density at radius 3 is 2.94 bits per heavy atom. The molecule has 0 bridgehead atoms. The van der Waals surface area contributed by atoms with Gasteiger partial charge in [0.2, 0.25) is 0 Å². The average Bonchev–Trinajstić information content (AvgIpc) is 2.60. The van der Waals surface area contributed by atoms with Crippen molar-refractivity contribution in [3.8, 4) is 0 Å². The zero-order valence-corrected chi connectivity index (χ0v) is 9.21. The van der Waals surface area contributed by atoms with Crippen molar-refractivity contribution in [2.24, 2.45) is 5.92 Å². The molecule has 0 spiro atoms. The number of aromatic nitrogens is 3. The van der Waals surface area contributed by atoms with E-state index in [0.29, 0.717) is 17.0 Å². The standard InChI is InChI=1S/C11H13N3O2/c1-7(2)6-14-10-9(5-13-14)8(11(15)16)3-4-12-10/h3-5,7H,6H2,1-2H3,(H,15,16). The van der Waals surface area contributed by atoms with Crippen LogP contribution in [0.3, 0.4) is 0 Å². The van der Waals surface area contributed by atoms with Gasteiger partial charge in [-0.1, -0.05) is 13.8 Å². The summed E-state index contributed by atoms with van der Waals surface area (Å²) in [4.78, 5) is 15.2. The van der Waals surface area contributed by atoms with Gasteiger partial charge in [0, 0.05) is 12.7 Å². The summed E-state index contributed by atoms with van der Waals surface area (Å²) in [5.74, 6) is -0.505. The highest BCUT2D eigenvalue weighted by atomic mass is 16.4. The monoisotopic (exact) mass is 219 g/mol. The minimum atomic E-state index is -0.948. The first-order valence-corrected chi connectivity index (χ1v) is 5.13. The third-order valence-electron chi connectivity index (χ3n) is 2.31. The molecule has 5 nitrogen and oxygen atoms in total. The number of rotatable bonds is 3. The van der Waals surface area contributed by atoms with Crippen LogP contribution in [-0.2, 0) is 6.54 Å². The Kier molecular flexibility index (Phi) is 2.60. The van der Waals surface area contributed by atoms with Gasteiger partial charge < -0.3 is 5.11 Å². The van der Waals surface area contributed by atoms with Crippen molar-refractivity contribution >= 4 is 17.0 Å². The molecular weight excluding hydrogens is 206 g/mol. The minimum Gasteiger partial charge on any atom is -0.478 e. The highest BCUT2D eigenvalue weighted by molar-refractivity contribution is 6.01. The molecule has 2 aromatic rings. The van der Waals surface area contributed by atoms with E-state index in [0.717, 1.165) is 6.54 Å². The number of carbonyl (C=O) groups is 1. The number of hydrogen-bond acceptors (Lipinski definition) is 3. The van der Waals surface area contributed by atoms with Crippen LogP contribution in [0.25, 0.3) is 11.0 Å². The summed E-state index contributed by atoms with van der Waals surface area (Å²) in [7, 11) is 0. The van der Waals surface area contributed by atoms with Crippen LogP contribution in [0.2, 0.25) is 0 Å². The van der Waals surface area contributed by atoms with Gasteiger partial charge in [0.15, 0.2) is 5.65 Å². The Morgan fingerprint density at radius 2 is 2.31 bits per heavy atom. The molecule has 2 rings (SSSR count). The quantitative estimate of drug-likeness (QED) is 0.854. The molecule has 0 aliphatic carbocycles. The molecule has 0 amide bonds. The number of hydrogen-bond donors (Lipinski definition) is 1. The third kappa shape index (κ3) is 1.76. The topological polar surface area (TPSA) is 68.0 Å².